The second kappa shape index (κ2) is 6.42. The molecule has 2 rings (SSSR count). The summed E-state index contributed by atoms with van der Waals surface area (Å²) in [5.41, 5.74) is 2.42. The Hall–Kier alpha value is -1.32. The Balaban J connectivity index is 2.30. The van der Waals surface area contributed by atoms with Crippen LogP contribution in [0.1, 0.15) is 21.5 Å². The zero-order valence-electron chi connectivity index (χ0n) is 11.2. The Morgan fingerprint density at radius 1 is 1.25 bits per heavy atom. The number of carbonyl (C=O) groups is 1. The summed E-state index contributed by atoms with van der Waals surface area (Å²) in [6, 6.07) is 11.1. The number of Topliss-reactive ketones (excluding diaryl/α,β-unsaturated/α-hetero) is 1. The van der Waals surface area contributed by atoms with Crippen LogP contribution in [0.4, 0.5) is 0 Å². The molecule has 0 amide bonds. The molecule has 0 aliphatic rings. The average Bonchev–Trinajstić information content (AvgIpc) is 2.41. The number of halogens is 2. The first-order chi connectivity index (χ1) is 9.51. The Bertz CT molecular complexity index is 653. The van der Waals surface area contributed by atoms with Crippen LogP contribution in [-0.2, 0) is 6.42 Å². The van der Waals surface area contributed by atoms with E-state index >= 15 is 0 Å². The molecular weight excluding hydrogens is 340 g/mol. The van der Waals surface area contributed by atoms with Gasteiger partial charge in [-0.15, -0.1) is 0 Å². The van der Waals surface area contributed by atoms with Crippen LogP contribution < -0.4 is 4.74 Å². The summed E-state index contributed by atoms with van der Waals surface area (Å²) in [6.45, 7) is 1.95. The van der Waals surface area contributed by atoms with E-state index in [0.717, 1.165) is 15.6 Å². The molecule has 20 heavy (non-hydrogen) atoms. The predicted molar refractivity (Wildman–Crippen MR) is 84.9 cm³/mol. The molecule has 0 aliphatic carbocycles. The summed E-state index contributed by atoms with van der Waals surface area (Å²) in [7, 11) is 1.56. The molecule has 0 spiro atoms. The highest BCUT2D eigenvalue weighted by Gasteiger charge is 2.14. The molecule has 0 aliphatic heterocycles. The molecule has 0 unspecified atom stereocenters. The molecule has 0 saturated heterocycles. The van der Waals surface area contributed by atoms with E-state index in [1.165, 1.54) is 0 Å². The molecule has 0 heterocycles. The number of hydrogen-bond acceptors (Lipinski definition) is 2. The highest BCUT2D eigenvalue weighted by atomic mass is 79.9. The van der Waals surface area contributed by atoms with Crippen LogP contribution in [-0.4, -0.2) is 12.9 Å². The van der Waals surface area contributed by atoms with Gasteiger partial charge in [-0.3, -0.25) is 4.79 Å². The van der Waals surface area contributed by atoms with Crippen LogP contribution in [0.3, 0.4) is 0 Å². The molecule has 0 saturated carbocycles. The molecule has 0 bridgehead atoms. The fourth-order valence-corrected chi connectivity index (χ4v) is 2.71. The topological polar surface area (TPSA) is 26.3 Å². The van der Waals surface area contributed by atoms with Crippen molar-refractivity contribution in [3.63, 3.8) is 0 Å². The first-order valence-electron chi connectivity index (χ1n) is 6.13. The average molecular weight is 354 g/mol. The van der Waals surface area contributed by atoms with Crippen molar-refractivity contribution >= 4 is 33.3 Å². The first kappa shape index (κ1) is 15.1. The van der Waals surface area contributed by atoms with Crippen molar-refractivity contribution < 1.29 is 9.53 Å². The molecule has 0 N–H and O–H groups in total. The lowest BCUT2D eigenvalue weighted by molar-refractivity contribution is 0.0990. The lowest BCUT2D eigenvalue weighted by atomic mass is 10.0. The molecule has 0 aromatic heterocycles. The number of ketones is 1. The van der Waals surface area contributed by atoms with Gasteiger partial charge >= 0.3 is 0 Å². The number of methoxy groups -OCH3 is 1. The fraction of sp³-hybridized carbons (Fsp3) is 0.188. The van der Waals surface area contributed by atoms with Crippen LogP contribution in [0.5, 0.6) is 5.75 Å². The van der Waals surface area contributed by atoms with E-state index in [9.17, 15) is 4.79 Å². The standard InChI is InChI=1S/C16H14BrClO2/c1-10-3-6-16(20-2)13(7-10)15(19)8-11-4-5-12(17)9-14(11)18/h3-7,9H,8H2,1-2H3. The number of rotatable bonds is 4. The van der Waals surface area contributed by atoms with Gasteiger partial charge in [0.2, 0.25) is 0 Å². The molecule has 104 valence electrons. The quantitative estimate of drug-likeness (QED) is 0.735. The zero-order valence-corrected chi connectivity index (χ0v) is 13.6. The third-order valence-corrected chi connectivity index (χ3v) is 3.87. The maximum absolute atomic E-state index is 12.4. The Labute approximate surface area is 131 Å². The fourth-order valence-electron chi connectivity index (χ4n) is 1.97. The van der Waals surface area contributed by atoms with Crippen LogP contribution >= 0.6 is 27.5 Å². The van der Waals surface area contributed by atoms with Gasteiger partial charge in [-0.05, 0) is 36.8 Å². The third kappa shape index (κ3) is 3.41. The molecule has 0 fully saturated rings. The lowest BCUT2D eigenvalue weighted by Gasteiger charge is -2.09. The minimum absolute atomic E-state index is 0.00484. The van der Waals surface area contributed by atoms with Gasteiger partial charge in [0, 0.05) is 15.9 Å². The molecule has 2 aromatic carbocycles. The van der Waals surface area contributed by atoms with Gasteiger partial charge < -0.3 is 4.74 Å². The third-order valence-electron chi connectivity index (χ3n) is 3.02. The van der Waals surface area contributed by atoms with Gasteiger partial charge in [0.15, 0.2) is 5.78 Å². The summed E-state index contributed by atoms with van der Waals surface area (Å²) >= 11 is 9.50. The number of benzene rings is 2. The number of hydrogen-bond donors (Lipinski definition) is 0. The normalized spacial score (nSPS) is 10.4. The van der Waals surface area contributed by atoms with Crippen LogP contribution in [0, 0.1) is 6.92 Å². The van der Waals surface area contributed by atoms with Crippen molar-refractivity contribution in [3.05, 3.63) is 62.6 Å². The molecule has 0 radical (unpaired) electrons. The van der Waals surface area contributed by atoms with Gasteiger partial charge in [0.25, 0.3) is 0 Å². The SMILES string of the molecule is COc1ccc(C)cc1C(=O)Cc1ccc(Br)cc1Cl. The maximum Gasteiger partial charge on any atom is 0.171 e. The lowest BCUT2D eigenvalue weighted by Crippen LogP contribution is -2.06. The molecule has 2 nitrogen and oxygen atoms in total. The van der Waals surface area contributed by atoms with E-state index in [-0.39, 0.29) is 12.2 Å². The van der Waals surface area contributed by atoms with Gasteiger partial charge in [0.1, 0.15) is 5.75 Å². The molecule has 0 atom stereocenters. The first-order valence-corrected chi connectivity index (χ1v) is 7.30. The van der Waals surface area contributed by atoms with Crippen molar-refractivity contribution in [3.8, 4) is 5.75 Å². The van der Waals surface area contributed by atoms with E-state index in [0.29, 0.717) is 16.3 Å². The van der Waals surface area contributed by atoms with Crippen LogP contribution in [0.2, 0.25) is 5.02 Å². The van der Waals surface area contributed by atoms with Crippen LogP contribution in [0.25, 0.3) is 0 Å². The summed E-state index contributed by atoms with van der Waals surface area (Å²) in [6.07, 6.45) is 0.256. The summed E-state index contributed by atoms with van der Waals surface area (Å²) in [5.74, 6) is 0.587. The minimum Gasteiger partial charge on any atom is -0.496 e. The Morgan fingerprint density at radius 2 is 2.00 bits per heavy atom. The smallest absolute Gasteiger partial charge is 0.171 e. The molecular formula is C16H14BrClO2. The van der Waals surface area contributed by atoms with Crippen molar-refractivity contribution in [2.75, 3.05) is 7.11 Å². The van der Waals surface area contributed by atoms with E-state index in [4.69, 9.17) is 16.3 Å². The van der Waals surface area contributed by atoms with Gasteiger partial charge in [-0.1, -0.05) is 45.2 Å². The Morgan fingerprint density at radius 3 is 2.65 bits per heavy atom. The summed E-state index contributed by atoms with van der Waals surface area (Å²) in [5, 5.41) is 0.583. The summed E-state index contributed by atoms with van der Waals surface area (Å²) in [4.78, 5) is 12.4. The molecule has 4 heteroatoms. The van der Waals surface area contributed by atoms with Gasteiger partial charge in [-0.25, -0.2) is 0 Å². The number of aryl methyl sites for hydroxylation is 1. The summed E-state index contributed by atoms with van der Waals surface area (Å²) < 4.78 is 6.14. The highest BCUT2D eigenvalue weighted by molar-refractivity contribution is 9.10. The van der Waals surface area contributed by atoms with E-state index in [1.54, 1.807) is 13.2 Å². The van der Waals surface area contributed by atoms with Gasteiger partial charge in [0.05, 0.1) is 12.7 Å². The second-order valence-electron chi connectivity index (χ2n) is 4.54. The largest absolute Gasteiger partial charge is 0.496 e. The van der Waals surface area contributed by atoms with Crippen molar-refractivity contribution in [2.45, 2.75) is 13.3 Å². The Kier molecular flexibility index (Phi) is 4.84. The predicted octanol–water partition coefficient (Wildman–Crippen LogP) is 4.84. The maximum atomic E-state index is 12.4. The number of ether oxygens (including phenoxy) is 1. The minimum atomic E-state index is -0.00484. The zero-order chi connectivity index (χ0) is 14.7. The van der Waals surface area contributed by atoms with Crippen molar-refractivity contribution in [2.24, 2.45) is 0 Å². The van der Waals surface area contributed by atoms with Crippen molar-refractivity contribution in [1.29, 1.82) is 0 Å². The second-order valence-corrected chi connectivity index (χ2v) is 5.86. The monoisotopic (exact) mass is 352 g/mol. The number of carbonyl (C=O) groups excluding carboxylic acids is 1. The van der Waals surface area contributed by atoms with E-state index in [1.807, 2.05) is 37.3 Å². The highest BCUT2D eigenvalue weighted by Crippen LogP contribution is 2.25. The molecule has 2 aromatic rings. The van der Waals surface area contributed by atoms with E-state index in [2.05, 4.69) is 15.9 Å². The van der Waals surface area contributed by atoms with Crippen LogP contribution in [0.15, 0.2) is 40.9 Å². The van der Waals surface area contributed by atoms with E-state index < -0.39 is 0 Å². The van der Waals surface area contributed by atoms with Gasteiger partial charge in [-0.2, -0.15) is 0 Å². The van der Waals surface area contributed by atoms with Crippen molar-refractivity contribution in [1.82, 2.24) is 0 Å².